The molecule has 21 heavy (non-hydrogen) atoms. The summed E-state index contributed by atoms with van der Waals surface area (Å²) < 4.78 is 11.4. The van der Waals surface area contributed by atoms with E-state index in [1.165, 1.54) is 12.0 Å². The molecule has 1 aliphatic carbocycles. The number of hydrogen-bond donors (Lipinski definition) is 1. The Bertz CT molecular complexity index is 346. The highest BCUT2D eigenvalue weighted by atomic mass is 28.4. The highest BCUT2D eigenvalue weighted by Gasteiger charge is 2.40. The van der Waals surface area contributed by atoms with Gasteiger partial charge in [-0.15, -0.1) is 0 Å². The third-order valence-electron chi connectivity index (χ3n) is 4.87. The van der Waals surface area contributed by atoms with Crippen molar-refractivity contribution in [1.82, 2.24) is 4.90 Å². The topological polar surface area (TPSA) is 59.0 Å². The fourth-order valence-electron chi connectivity index (χ4n) is 2.52. The van der Waals surface area contributed by atoms with Gasteiger partial charge in [0.15, 0.2) is 8.32 Å². The molecule has 0 heterocycles. The van der Waals surface area contributed by atoms with Crippen molar-refractivity contribution in [2.24, 2.45) is 0 Å². The molecule has 1 N–H and O–H groups in total. The first-order chi connectivity index (χ1) is 9.58. The Morgan fingerprint density at radius 2 is 1.76 bits per heavy atom. The van der Waals surface area contributed by atoms with Gasteiger partial charge in [0.05, 0.1) is 0 Å². The standard InChI is InChI=1S/C15H31NO4Si/c1-15(2,3)21(5,6)20-13-9-7-12(8-10-13)16(11-19-4)14(17)18/h12-13H,7-11H2,1-6H3,(H,17,18)/t12-,13-. The van der Waals surface area contributed by atoms with Gasteiger partial charge in [0.25, 0.3) is 0 Å². The van der Waals surface area contributed by atoms with Crippen LogP contribution in [0.25, 0.3) is 0 Å². The third kappa shape index (κ3) is 4.97. The van der Waals surface area contributed by atoms with E-state index in [0.717, 1.165) is 25.7 Å². The number of nitrogens with zero attached hydrogens (tertiary/aromatic N) is 1. The van der Waals surface area contributed by atoms with E-state index in [4.69, 9.17) is 9.16 Å². The number of carboxylic acid groups (broad SMARTS) is 1. The average Bonchev–Trinajstić information content (AvgIpc) is 2.35. The number of hydrogen-bond acceptors (Lipinski definition) is 3. The van der Waals surface area contributed by atoms with E-state index in [2.05, 4.69) is 33.9 Å². The number of rotatable bonds is 5. The zero-order valence-electron chi connectivity index (χ0n) is 14.3. The Morgan fingerprint density at radius 1 is 1.24 bits per heavy atom. The summed E-state index contributed by atoms with van der Waals surface area (Å²) in [5.74, 6) is 0. The van der Waals surface area contributed by atoms with Crippen LogP contribution >= 0.6 is 0 Å². The molecule has 0 atom stereocenters. The largest absolute Gasteiger partial charge is 0.465 e. The molecule has 1 amide bonds. The van der Waals surface area contributed by atoms with E-state index in [1.807, 2.05) is 0 Å². The van der Waals surface area contributed by atoms with Crippen molar-refractivity contribution in [3.8, 4) is 0 Å². The van der Waals surface area contributed by atoms with E-state index in [0.29, 0.717) is 0 Å². The molecule has 0 radical (unpaired) electrons. The first-order valence-electron chi connectivity index (χ1n) is 7.75. The van der Waals surface area contributed by atoms with Crippen LogP contribution in [0.3, 0.4) is 0 Å². The Morgan fingerprint density at radius 3 is 2.14 bits per heavy atom. The monoisotopic (exact) mass is 317 g/mol. The van der Waals surface area contributed by atoms with Crippen LogP contribution in [0, 0.1) is 0 Å². The van der Waals surface area contributed by atoms with Gasteiger partial charge in [-0.1, -0.05) is 20.8 Å². The summed E-state index contributed by atoms with van der Waals surface area (Å²) in [4.78, 5) is 12.7. The molecular weight excluding hydrogens is 286 g/mol. The first kappa shape index (κ1) is 18.5. The highest BCUT2D eigenvalue weighted by molar-refractivity contribution is 6.74. The van der Waals surface area contributed by atoms with Gasteiger partial charge in [-0.3, -0.25) is 4.90 Å². The van der Waals surface area contributed by atoms with Gasteiger partial charge in [-0.05, 0) is 43.8 Å². The van der Waals surface area contributed by atoms with Crippen molar-refractivity contribution < 1.29 is 19.1 Å². The lowest BCUT2D eigenvalue weighted by Gasteiger charge is -2.42. The second kappa shape index (κ2) is 7.11. The van der Waals surface area contributed by atoms with Crippen molar-refractivity contribution in [3.63, 3.8) is 0 Å². The van der Waals surface area contributed by atoms with Gasteiger partial charge in [-0.2, -0.15) is 0 Å². The molecule has 0 bridgehead atoms. The molecule has 124 valence electrons. The normalized spacial score (nSPS) is 23.9. The molecule has 0 aliphatic heterocycles. The molecule has 0 aromatic carbocycles. The van der Waals surface area contributed by atoms with Gasteiger partial charge in [-0.25, -0.2) is 4.79 Å². The van der Waals surface area contributed by atoms with Crippen molar-refractivity contribution >= 4 is 14.4 Å². The van der Waals surface area contributed by atoms with Crippen LogP contribution in [0.5, 0.6) is 0 Å². The summed E-state index contributed by atoms with van der Waals surface area (Å²) in [6.45, 7) is 11.4. The zero-order valence-corrected chi connectivity index (χ0v) is 15.3. The maximum absolute atomic E-state index is 11.3. The quantitative estimate of drug-likeness (QED) is 0.617. The first-order valence-corrected chi connectivity index (χ1v) is 10.7. The Hall–Kier alpha value is -0.593. The fraction of sp³-hybridized carbons (Fsp3) is 0.933. The minimum absolute atomic E-state index is 0.0571. The second-order valence-corrected chi connectivity index (χ2v) is 12.2. The molecule has 1 fully saturated rings. The van der Waals surface area contributed by atoms with Crippen LogP contribution in [-0.2, 0) is 9.16 Å². The Kier molecular flexibility index (Phi) is 6.25. The molecule has 5 nitrogen and oxygen atoms in total. The number of methoxy groups -OCH3 is 1. The maximum Gasteiger partial charge on any atom is 0.409 e. The van der Waals surface area contributed by atoms with E-state index in [-0.39, 0.29) is 23.9 Å². The number of ether oxygens (including phenoxy) is 1. The second-order valence-electron chi connectivity index (χ2n) is 7.48. The Balaban J connectivity index is 2.54. The number of carbonyl (C=O) groups is 1. The van der Waals surface area contributed by atoms with Crippen molar-refractivity contribution in [1.29, 1.82) is 0 Å². The predicted molar refractivity (Wildman–Crippen MR) is 86.1 cm³/mol. The lowest BCUT2D eigenvalue weighted by molar-refractivity contribution is 0.0130. The zero-order chi connectivity index (χ0) is 16.3. The van der Waals surface area contributed by atoms with Gasteiger partial charge < -0.3 is 14.3 Å². The van der Waals surface area contributed by atoms with Gasteiger partial charge in [0.2, 0.25) is 0 Å². The minimum Gasteiger partial charge on any atom is -0.465 e. The van der Waals surface area contributed by atoms with E-state index in [1.54, 1.807) is 0 Å². The lowest BCUT2D eigenvalue weighted by Crippen LogP contribution is -2.47. The molecule has 1 aliphatic rings. The molecule has 0 unspecified atom stereocenters. The SMILES string of the molecule is COCN(C(=O)O)[C@H]1CC[C@H](O[Si](C)(C)C(C)(C)C)CC1. The fourth-order valence-corrected chi connectivity index (χ4v) is 3.95. The van der Waals surface area contributed by atoms with Gasteiger partial charge >= 0.3 is 6.09 Å². The molecule has 0 saturated heterocycles. The summed E-state index contributed by atoms with van der Waals surface area (Å²) in [7, 11) is -0.203. The van der Waals surface area contributed by atoms with Crippen LogP contribution in [-0.4, -0.2) is 50.4 Å². The summed E-state index contributed by atoms with van der Waals surface area (Å²) >= 11 is 0. The smallest absolute Gasteiger partial charge is 0.409 e. The third-order valence-corrected chi connectivity index (χ3v) is 9.40. The van der Waals surface area contributed by atoms with E-state index in [9.17, 15) is 9.90 Å². The van der Waals surface area contributed by atoms with Crippen molar-refractivity contribution in [2.45, 2.75) is 76.7 Å². The van der Waals surface area contributed by atoms with Crippen LogP contribution in [0.2, 0.25) is 18.1 Å². The van der Waals surface area contributed by atoms with Crippen LogP contribution in [0.1, 0.15) is 46.5 Å². The molecule has 0 aromatic heterocycles. The molecule has 6 heteroatoms. The van der Waals surface area contributed by atoms with Gasteiger partial charge in [0, 0.05) is 19.3 Å². The lowest BCUT2D eigenvalue weighted by atomic mass is 9.92. The molecular formula is C15H31NO4Si. The van der Waals surface area contributed by atoms with E-state index >= 15 is 0 Å². The summed E-state index contributed by atoms with van der Waals surface area (Å²) in [6, 6.07) is 0.0571. The van der Waals surface area contributed by atoms with E-state index < -0.39 is 14.4 Å². The highest BCUT2D eigenvalue weighted by Crippen LogP contribution is 2.39. The molecule has 1 rings (SSSR count). The van der Waals surface area contributed by atoms with Gasteiger partial charge in [0.1, 0.15) is 6.73 Å². The summed E-state index contributed by atoms with van der Waals surface area (Å²) in [5, 5.41) is 9.45. The summed E-state index contributed by atoms with van der Waals surface area (Å²) in [6.07, 6.45) is 2.96. The molecule has 1 saturated carbocycles. The Labute approximate surface area is 129 Å². The minimum atomic E-state index is -1.73. The molecule has 0 spiro atoms. The van der Waals surface area contributed by atoms with Crippen LogP contribution in [0.15, 0.2) is 0 Å². The van der Waals surface area contributed by atoms with Crippen LogP contribution in [0.4, 0.5) is 4.79 Å². The summed E-state index contributed by atoms with van der Waals surface area (Å²) in [5.41, 5.74) is 0. The van der Waals surface area contributed by atoms with Crippen molar-refractivity contribution in [2.75, 3.05) is 13.8 Å². The maximum atomic E-state index is 11.3. The predicted octanol–water partition coefficient (Wildman–Crippen LogP) is 3.90. The molecule has 0 aromatic rings. The van der Waals surface area contributed by atoms with Crippen LogP contribution < -0.4 is 0 Å². The average molecular weight is 318 g/mol. The van der Waals surface area contributed by atoms with Crippen molar-refractivity contribution in [3.05, 3.63) is 0 Å². The number of amides is 1.